The van der Waals surface area contributed by atoms with E-state index in [1.807, 2.05) is 11.0 Å². The number of amides is 1. The van der Waals surface area contributed by atoms with Gasteiger partial charge in [0.2, 0.25) is 6.79 Å². The molecule has 0 radical (unpaired) electrons. The van der Waals surface area contributed by atoms with E-state index in [2.05, 4.69) is 4.99 Å². The van der Waals surface area contributed by atoms with Crippen molar-refractivity contribution in [2.45, 2.75) is 11.3 Å². The first-order chi connectivity index (χ1) is 14.9. The summed E-state index contributed by atoms with van der Waals surface area (Å²) in [6.07, 6.45) is 0. The molecule has 0 unspecified atom stereocenters. The molecule has 0 aromatic heterocycles. The minimum Gasteiger partial charge on any atom is -0.484 e. The lowest BCUT2D eigenvalue weighted by atomic mass is 10.2. The van der Waals surface area contributed by atoms with Crippen LogP contribution in [0.3, 0.4) is 0 Å². The van der Waals surface area contributed by atoms with Crippen LogP contribution in [0, 0.1) is 0 Å². The standard InChI is InChI=1S/C20H17ClN2O6S2/c21-12-1-4-14(5-2-12)27-8-19(24)22-20-23(15-9-31(25,26)10-18(15)30-20)13-3-6-16-17(7-13)29-11-28-16/h1-7,15,18H,8-11H2/t15-,18-/m0/s1. The van der Waals surface area contributed by atoms with E-state index in [0.29, 0.717) is 33.1 Å². The fourth-order valence-corrected chi connectivity index (χ4v) is 7.77. The number of thioether (sulfide) groups is 1. The second kappa shape index (κ2) is 7.92. The van der Waals surface area contributed by atoms with Crippen molar-refractivity contribution < 1.29 is 27.4 Å². The average molecular weight is 481 g/mol. The van der Waals surface area contributed by atoms with Gasteiger partial charge in [0.1, 0.15) is 5.75 Å². The molecule has 5 rings (SSSR count). The molecule has 1 amide bonds. The molecule has 0 saturated carbocycles. The fraction of sp³-hybridized carbons (Fsp3) is 0.300. The molecule has 3 heterocycles. The topological polar surface area (TPSA) is 94.5 Å². The predicted octanol–water partition coefficient (Wildman–Crippen LogP) is 2.75. The van der Waals surface area contributed by atoms with Gasteiger partial charge in [0.15, 0.2) is 33.1 Å². The molecule has 2 aromatic carbocycles. The molecule has 3 aliphatic rings. The number of carbonyl (C=O) groups is 1. The smallest absolute Gasteiger partial charge is 0.285 e. The van der Waals surface area contributed by atoms with Crippen LogP contribution in [0.15, 0.2) is 47.5 Å². The van der Waals surface area contributed by atoms with Crippen molar-refractivity contribution >= 4 is 50.0 Å². The van der Waals surface area contributed by atoms with Crippen molar-refractivity contribution in [3.05, 3.63) is 47.5 Å². The predicted molar refractivity (Wildman–Crippen MR) is 118 cm³/mol. The average Bonchev–Trinajstić information content (AvgIpc) is 3.38. The number of hydrogen-bond acceptors (Lipinski definition) is 7. The molecule has 162 valence electrons. The lowest BCUT2D eigenvalue weighted by molar-refractivity contribution is -0.119. The number of halogens is 1. The zero-order valence-electron chi connectivity index (χ0n) is 16.1. The third-order valence-corrected chi connectivity index (χ3v) is 8.56. The van der Waals surface area contributed by atoms with Gasteiger partial charge in [0.05, 0.1) is 17.5 Å². The molecule has 31 heavy (non-hydrogen) atoms. The van der Waals surface area contributed by atoms with Crippen molar-refractivity contribution in [3.8, 4) is 17.2 Å². The van der Waals surface area contributed by atoms with E-state index in [4.69, 9.17) is 25.8 Å². The maximum Gasteiger partial charge on any atom is 0.285 e. The van der Waals surface area contributed by atoms with Gasteiger partial charge in [-0.1, -0.05) is 23.4 Å². The lowest BCUT2D eigenvalue weighted by Crippen LogP contribution is -2.37. The normalized spacial score (nSPS) is 24.4. The van der Waals surface area contributed by atoms with Crippen LogP contribution in [0.2, 0.25) is 5.02 Å². The van der Waals surface area contributed by atoms with Gasteiger partial charge >= 0.3 is 0 Å². The Bertz CT molecular complexity index is 1170. The maximum atomic E-state index is 12.5. The van der Waals surface area contributed by atoms with Gasteiger partial charge in [-0.2, -0.15) is 4.99 Å². The van der Waals surface area contributed by atoms with E-state index in [1.165, 1.54) is 11.8 Å². The van der Waals surface area contributed by atoms with Crippen LogP contribution in [0.1, 0.15) is 0 Å². The van der Waals surface area contributed by atoms with E-state index in [1.54, 1.807) is 36.4 Å². The van der Waals surface area contributed by atoms with E-state index >= 15 is 0 Å². The number of fused-ring (bicyclic) bond motifs is 2. The summed E-state index contributed by atoms with van der Waals surface area (Å²) in [5.74, 6) is 1.30. The number of carbonyl (C=O) groups excluding carboxylic acids is 1. The summed E-state index contributed by atoms with van der Waals surface area (Å²) in [5.41, 5.74) is 0.700. The Labute approximate surface area is 188 Å². The first-order valence-corrected chi connectivity index (χ1v) is 12.5. The van der Waals surface area contributed by atoms with Crippen LogP contribution in [0.25, 0.3) is 0 Å². The first-order valence-electron chi connectivity index (χ1n) is 9.44. The van der Waals surface area contributed by atoms with E-state index in [9.17, 15) is 13.2 Å². The Morgan fingerprint density at radius 3 is 2.74 bits per heavy atom. The highest BCUT2D eigenvalue weighted by Crippen LogP contribution is 2.43. The second-order valence-electron chi connectivity index (χ2n) is 7.24. The summed E-state index contributed by atoms with van der Waals surface area (Å²) < 4.78 is 40.7. The molecule has 2 atom stereocenters. The van der Waals surface area contributed by atoms with Crippen molar-refractivity contribution in [3.63, 3.8) is 0 Å². The largest absolute Gasteiger partial charge is 0.484 e. The van der Waals surface area contributed by atoms with Crippen molar-refractivity contribution in [1.82, 2.24) is 0 Å². The summed E-state index contributed by atoms with van der Waals surface area (Å²) in [4.78, 5) is 18.6. The highest BCUT2D eigenvalue weighted by atomic mass is 35.5. The Kier molecular flexibility index (Phi) is 5.23. The van der Waals surface area contributed by atoms with Gasteiger partial charge < -0.3 is 19.1 Å². The number of nitrogens with zero attached hydrogens (tertiary/aromatic N) is 2. The molecule has 0 spiro atoms. The Balaban J connectivity index is 1.39. The van der Waals surface area contributed by atoms with Gasteiger partial charge in [-0.15, -0.1) is 0 Å². The molecular formula is C20H17ClN2O6S2. The number of sulfone groups is 1. The molecule has 0 N–H and O–H groups in total. The van der Waals surface area contributed by atoms with Crippen LogP contribution in [-0.2, 0) is 14.6 Å². The summed E-state index contributed by atoms with van der Waals surface area (Å²) in [6, 6.07) is 11.7. The molecule has 8 nitrogen and oxygen atoms in total. The molecular weight excluding hydrogens is 464 g/mol. The number of amidine groups is 1. The Morgan fingerprint density at radius 1 is 1.16 bits per heavy atom. The van der Waals surface area contributed by atoms with Crippen molar-refractivity contribution in [2.24, 2.45) is 4.99 Å². The summed E-state index contributed by atoms with van der Waals surface area (Å²) in [6.45, 7) is -0.107. The molecule has 0 aliphatic carbocycles. The van der Waals surface area contributed by atoms with Crippen LogP contribution in [0.5, 0.6) is 17.2 Å². The zero-order chi connectivity index (χ0) is 21.6. The molecule has 11 heteroatoms. The van der Waals surface area contributed by atoms with E-state index < -0.39 is 15.7 Å². The maximum absolute atomic E-state index is 12.5. The van der Waals surface area contributed by atoms with Gasteiger partial charge in [-0.3, -0.25) is 4.79 Å². The van der Waals surface area contributed by atoms with E-state index in [0.717, 1.165) is 0 Å². The summed E-state index contributed by atoms with van der Waals surface area (Å²) in [7, 11) is -3.15. The number of aliphatic imine (C=N–C) groups is 1. The highest BCUT2D eigenvalue weighted by Gasteiger charge is 2.49. The van der Waals surface area contributed by atoms with Gasteiger partial charge in [-0.05, 0) is 36.4 Å². The number of ether oxygens (including phenoxy) is 3. The van der Waals surface area contributed by atoms with Crippen molar-refractivity contribution in [2.75, 3.05) is 29.8 Å². The minimum absolute atomic E-state index is 0.00753. The van der Waals surface area contributed by atoms with Crippen LogP contribution < -0.4 is 19.1 Å². The number of hydrogen-bond donors (Lipinski definition) is 0. The third-order valence-electron chi connectivity index (χ3n) is 5.10. The molecule has 2 saturated heterocycles. The first kappa shape index (κ1) is 20.5. The zero-order valence-corrected chi connectivity index (χ0v) is 18.5. The molecule has 2 aromatic rings. The van der Waals surface area contributed by atoms with Crippen molar-refractivity contribution in [1.29, 1.82) is 0 Å². The van der Waals surface area contributed by atoms with Crippen LogP contribution >= 0.6 is 23.4 Å². The summed E-state index contributed by atoms with van der Waals surface area (Å²) in [5, 5.41) is 0.828. The SMILES string of the molecule is O=C(COc1ccc(Cl)cc1)N=C1S[C@H]2CS(=O)(=O)C[C@@H]2N1c1ccc2c(c1)OCO2. The monoisotopic (exact) mass is 480 g/mol. The third kappa shape index (κ3) is 4.19. The minimum atomic E-state index is -3.15. The van der Waals surface area contributed by atoms with Gasteiger partial charge in [-0.25, -0.2) is 8.42 Å². The number of rotatable bonds is 4. The summed E-state index contributed by atoms with van der Waals surface area (Å²) >= 11 is 7.15. The highest BCUT2D eigenvalue weighted by molar-refractivity contribution is 8.16. The number of benzene rings is 2. The van der Waals surface area contributed by atoms with Crippen LogP contribution in [0.4, 0.5) is 5.69 Å². The van der Waals surface area contributed by atoms with Gasteiger partial charge in [0.25, 0.3) is 5.91 Å². The van der Waals surface area contributed by atoms with Gasteiger partial charge in [0, 0.05) is 22.0 Å². The molecule has 2 fully saturated rings. The lowest BCUT2D eigenvalue weighted by Gasteiger charge is -2.24. The Hall–Kier alpha value is -2.43. The second-order valence-corrected chi connectivity index (χ2v) is 11.0. The number of anilines is 1. The Morgan fingerprint density at radius 2 is 1.94 bits per heavy atom. The van der Waals surface area contributed by atoms with Crippen LogP contribution in [-0.4, -0.2) is 55.7 Å². The molecule has 3 aliphatic heterocycles. The fourth-order valence-electron chi connectivity index (χ4n) is 3.72. The van der Waals surface area contributed by atoms with E-state index in [-0.39, 0.29) is 36.2 Å². The molecule has 0 bridgehead atoms. The quantitative estimate of drug-likeness (QED) is 0.659.